The Balaban J connectivity index is 1.22. The monoisotopic (exact) mass is 808 g/mol. The third-order valence-electron chi connectivity index (χ3n) is 12.7. The number of fused-ring (bicyclic) bond motifs is 2. The van der Waals surface area contributed by atoms with Crippen LogP contribution < -0.4 is 21.3 Å². The molecule has 0 spiro atoms. The summed E-state index contributed by atoms with van der Waals surface area (Å²) in [5.74, 6) is -1.77. The minimum absolute atomic E-state index is 0.0305. The molecule has 6 aliphatic rings. The molecular weight excluding hydrogens is 753 g/mol. The zero-order chi connectivity index (χ0) is 41.0. The number of nitrogens with zero attached hydrogens (tertiary/aromatic N) is 2. The number of ether oxygens (including phenoxy) is 2. The number of likely N-dealkylation sites (tertiary alicyclic amines) is 1. The van der Waals surface area contributed by atoms with Crippen molar-refractivity contribution in [2.75, 3.05) is 25.1 Å². The molecule has 0 radical (unpaired) electrons. The van der Waals surface area contributed by atoms with E-state index in [1.54, 1.807) is 12.2 Å². The van der Waals surface area contributed by atoms with Gasteiger partial charge in [0.2, 0.25) is 11.8 Å². The van der Waals surface area contributed by atoms with Crippen LogP contribution in [0.4, 0.5) is 9.93 Å². The van der Waals surface area contributed by atoms with Crippen LogP contribution in [0.1, 0.15) is 92.2 Å². The number of carboxylic acids is 1. The van der Waals surface area contributed by atoms with Gasteiger partial charge in [-0.3, -0.25) is 14.4 Å². The molecule has 1 saturated heterocycles. The number of rotatable bonds is 14. The van der Waals surface area contributed by atoms with Crippen LogP contribution in [0.2, 0.25) is 0 Å². The van der Waals surface area contributed by atoms with Crippen LogP contribution >= 0.6 is 11.3 Å². The van der Waals surface area contributed by atoms with Gasteiger partial charge in [-0.15, -0.1) is 11.3 Å². The fourth-order valence-corrected chi connectivity index (χ4v) is 10.2. The maximum Gasteiger partial charge on any atom is 0.408 e. The number of amides is 3. The Bertz CT molecular complexity index is 1890. The number of aliphatic hydroxyl groups is 1. The van der Waals surface area contributed by atoms with Crippen molar-refractivity contribution < 1.29 is 43.7 Å². The van der Waals surface area contributed by atoms with E-state index in [0.29, 0.717) is 46.2 Å². The lowest BCUT2D eigenvalue weighted by Gasteiger charge is -2.43. The first-order valence-electron chi connectivity index (χ1n) is 20.2. The van der Waals surface area contributed by atoms with Crippen molar-refractivity contribution in [1.82, 2.24) is 25.8 Å². The SMILES string of the molecule is CCC1C[C@]1(NC(=O)C1C[C@@H](C23CC=C(OCCO)C=C2NC(c2csc(NC(C)C)n2)=CC3=O)CN1C(=O)C(NC(=O)OC1C[C@@H]2C[C@@H]2C1)C(C)(C)C)C(=O)O. The van der Waals surface area contributed by atoms with Crippen LogP contribution in [0.3, 0.4) is 0 Å². The van der Waals surface area contributed by atoms with Crippen molar-refractivity contribution in [1.29, 1.82) is 0 Å². The number of hydrogen-bond acceptors (Lipinski definition) is 12. The molecule has 310 valence electrons. The highest BCUT2D eigenvalue weighted by Gasteiger charge is 2.63. The third kappa shape index (κ3) is 7.91. The highest BCUT2D eigenvalue weighted by atomic mass is 32.1. The molecule has 3 amide bonds. The Hall–Kier alpha value is -4.44. The molecule has 6 N–H and O–H groups in total. The predicted octanol–water partition coefficient (Wildman–Crippen LogP) is 4.17. The summed E-state index contributed by atoms with van der Waals surface area (Å²) in [6, 6.07) is -2.10. The van der Waals surface area contributed by atoms with E-state index in [1.807, 2.05) is 46.9 Å². The molecule has 1 aromatic rings. The highest BCUT2D eigenvalue weighted by molar-refractivity contribution is 7.13. The van der Waals surface area contributed by atoms with Gasteiger partial charge >= 0.3 is 12.1 Å². The number of anilines is 1. The lowest BCUT2D eigenvalue weighted by atomic mass is 9.63. The summed E-state index contributed by atoms with van der Waals surface area (Å²) in [5, 5.41) is 34.6. The number of alkyl carbamates (subject to hydrolysis) is 1. The molecule has 2 aliphatic heterocycles. The second kappa shape index (κ2) is 15.4. The number of carboxylic acid groups (broad SMARTS) is 1. The van der Waals surface area contributed by atoms with Gasteiger partial charge in [-0.25, -0.2) is 14.6 Å². The maximum absolute atomic E-state index is 14.9. The molecule has 3 heterocycles. The van der Waals surface area contributed by atoms with Crippen molar-refractivity contribution in [3.63, 3.8) is 0 Å². The smallest absolute Gasteiger partial charge is 0.408 e. The molecule has 3 saturated carbocycles. The minimum atomic E-state index is -1.45. The van der Waals surface area contributed by atoms with Gasteiger partial charge in [0.25, 0.3) is 0 Å². The predicted molar refractivity (Wildman–Crippen MR) is 211 cm³/mol. The van der Waals surface area contributed by atoms with E-state index in [9.17, 15) is 34.2 Å². The van der Waals surface area contributed by atoms with Gasteiger partial charge in [-0.1, -0.05) is 34.1 Å². The summed E-state index contributed by atoms with van der Waals surface area (Å²) >= 11 is 1.41. The minimum Gasteiger partial charge on any atom is -0.491 e. The lowest BCUT2D eigenvalue weighted by molar-refractivity contribution is -0.146. The van der Waals surface area contributed by atoms with E-state index in [0.717, 1.165) is 19.3 Å². The first-order valence-corrected chi connectivity index (χ1v) is 21.1. The van der Waals surface area contributed by atoms with E-state index in [1.165, 1.54) is 22.3 Å². The quantitative estimate of drug-likeness (QED) is 0.157. The summed E-state index contributed by atoms with van der Waals surface area (Å²) in [5.41, 5.74) is -1.97. The van der Waals surface area contributed by atoms with Crippen molar-refractivity contribution in [2.24, 2.45) is 34.5 Å². The Morgan fingerprint density at radius 2 is 1.86 bits per heavy atom. The maximum atomic E-state index is 14.9. The van der Waals surface area contributed by atoms with Crippen LogP contribution in [-0.4, -0.2) is 99.3 Å². The van der Waals surface area contributed by atoms with Crippen LogP contribution in [0.5, 0.6) is 0 Å². The number of aliphatic hydroxyl groups excluding tert-OH is 1. The second-order valence-electron chi connectivity index (χ2n) is 18.0. The lowest BCUT2D eigenvalue weighted by Crippen LogP contribution is -2.59. The molecule has 5 unspecified atom stereocenters. The molecule has 1 aromatic heterocycles. The van der Waals surface area contributed by atoms with Crippen LogP contribution in [0.25, 0.3) is 5.70 Å². The number of thiazole rings is 1. The van der Waals surface area contributed by atoms with E-state index in [-0.39, 0.29) is 62.9 Å². The normalized spacial score (nSPS) is 31.8. The molecule has 0 aromatic carbocycles. The van der Waals surface area contributed by atoms with Gasteiger partial charge in [0.1, 0.15) is 36.1 Å². The van der Waals surface area contributed by atoms with E-state index in [4.69, 9.17) is 14.5 Å². The number of aromatic nitrogens is 1. The number of hydrogen-bond donors (Lipinski definition) is 6. The van der Waals surface area contributed by atoms with E-state index >= 15 is 0 Å². The third-order valence-corrected chi connectivity index (χ3v) is 13.5. The average Bonchev–Trinajstić information content (AvgIpc) is 3.80. The van der Waals surface area contributed by atoms with Gasteiger partial charge in [-0.05, 0) is 87.5 Å². The van der Waals surface area contributed by atoms with Crippen LogP contribution in [0.15, 0.2) is 35.1 Å². The molecule has 16 heteroatoms. The first kappa shape index (κ1) is 40.7. The molecule has 9 atom stereocenters. The van der Waals surface area contributed by atoms with Crippen molar-refractivity contribution in [2.45, 2.75) is 116 Å². The highest BCUT2D eigenvalue weighted by Crippen LogP contribution is 2.53. The molecule has 7 rings (SSSR count). The van der Waals surface area contributed by atoms with Gasteiger partial charge < -0.3 is 45.9 Å². The topological polar surface area (TPSA) is 209 Å². The number of carbonyl (C=O) groups is 5. The van der Waals surface area contributed by atoms with Gasteiger partial charge in [0.15, 0.2) is 10.9 Å². The first-order chi connectivity index (χ1) is 27.0. The van der Waals surface area contributed by atoms with Gasteiger partial charge in [0.05, 0.1) is 23.4 Å². The molecular formula is C41H56N6O9S. The summed E-state index contributed by atoms with van der Waals surface area (Å²) < 4.78 is 11.6. The van der Waals surface area contributed by atoms with Crippen LogP contribution in [0, 0.1) is 34.5 Å². The van der Waals surface area contributed by atoms with E-state index in [2.05, 4.69) is 21.3 Å². The standard InChI is InChI=1S/C41H56N6O9S/c1-7-24-18-41(24,36(52)53)46-34(50)30-15-25(19-47(30)35(51)33(39(4,5)6)45-38(54)56-27-13-22-12-23(22)14-27)40-9-8-26(55-11-10-48)16-31(40)43-28(17-32(40)49)29-20-57-37(44-29)42-21(2)3/h8,16-17,20-25,27,30,33,43,48H,7,9-15,18-19H2,1-6H3,(H,42,44)(H,45,54)(H,46,50)(H,52,53)/t22-,23+,24?,25-,27?,30?,33?,40?,41-/m1/s1. The fourth-order valence-electron chi connectivity index (χ4n) is 9.38. The van der Waals surface area contributed by atoms with Gasteiger partial charge in [-0.2, -0.15) is 0 Å². The van der Waals surface area contributed by atoms with Crippen molar-refractivity contribution in [3.05, 3.63) is 40.8 Å². The molecule has 0 bridgehead atoms. The second-order valence-corrected chi connectivity index (χ2v) is 18.9. The summed E-state index contributed by atoms with van der Waals surface area (Å²) in [6.07, 6.45) is 7.93. The Morgan fingerprint density at radius 3 is 2.49 bits per heavy atom. The number of allylic oxidation sites excluding steroid dienone is 4. The Labute approximate surface area is 337 Å². The van der Waals surface area contributed by atoms with Crippen molar-refractivity contribution in [3.8, 4) is 0 Å². The molecule has 15 nitrogen and oxygen atoms in total. The Kier molecular flexibility index (Phi) is 11.0. The van der Waals surface area contributed by atoms with Gasteiger partial charge in [0, 0.05) is 35.8 Å². The fraction of sp³-hybridized carbons (Fsp3) is 0.659. The average molecular weight is 809 g/mol. The number of nitrogens with one attached hydrogen (secondary N) is 4. The molecule has 4 fully saturated rings. The number of aliphatic carboxylic acids is 1. The molecule has 57 heavy (non-hydrogen) atoms. The molecule has 4 aliphatic carbocycles. The largest absolute Gasteiger partial charge is 0.491 e. The zero-order valence-corrected chi connectivity index (χ0v) is 34.4. The number of ketones is 1. The van der Waals surface area contributed by atoms with Crippen molar-refractivity contribution >= 4 is 51.8 Å². The Morgan fingerprint density at radius 1 is 1.12 bits per heavy atom. The summed E-state index contributed by atoms with van der Waals surface area (Å²) in [6.45, 7) is 11.1. The van der Waals surface area contributed by atoms with Crippen LogP contribution in [-0.2, 0) is 28.7 Å². The summed E-state index contributed by atoms with van der Waals surface area (Å²) in [4.78, 5) is 76.1. The van der Waals surface area contributed by atoms with E-state index < -0.39 is 58.2 Å². The zero-order valence-electron chi connectivity index (χ0n) is 33.6. The number of carbonyl (C=O) groups excluding carboxylic acids is 4. The summed E-state index contributed by atoms with van der Waals surface area (Å²) in [7, 11) is 0.